The summed E-state index contributed by atoms with van der Waals surface area (Å²) in [7, 11) is 0. The van der Waals surface area contributed by atoms with Gasteiger partial charge in [-0.15, -0.1) is 0 Å². The number of nitrogens with one attached hydrogen (secondary N) is 4. The highest BCUT2D eigenvalue weighted by atomic mass is 16.2. The van der Waals surface area contributed by atoms with Gasteiger partial charge >= 0.3 is 11.4 Å². The summed E-state index contributed by atoms with van der Waals surface area (Å²) in [5, 5.41) is 3.27. The van der Waals surface area contributed by atoms with Crippen molar-refractivity contribution in [1.29, 1.82) is 0 Å². The maximum Gasteiger partial charge on any atom is 0.325 e. The van der Waals surface area contributed by atoms with E-state index in [9.17, 15) is 19.2 Å². The highest BCUT2D eigenvalue weighted by molar-refractivity contribution is 5.03. The van der Waals surface area contributed by atoms with Crippen LogP contribution in [0.15, 0.2) is 36.7 Å². The van der Waals surface area contributed by atoms with Gasteiger partial charge in [0.1, 0.15) is 0 Å². The maximum absolute atomic E-state index is 11.0. The van der Waals surface area contributed by atoms with E-state index in [1.54, 1.807) is 0 Å². The van der Waals surface area contributed by atoms with Gasteiger partial charge in [-0.2, -0.15) is 0 Å². The molecule has 0 aliphatic rings. The second kappa shape index (κ2) is 9.64. The third-order valence-electron chi connectivity index (χ3n) is 2.86. The van der Waals surface area contributed by atoms with Gasteiger partial charge in [0, 0.05) is 35.0 Å². The summed E-state index contributed by atoms with van der Waals surface area (Å²) in [5.41, 5.74) is 7.28. The Morgan fingerprint density at radius 2 is 1.46 bits per heavy atom. The average Bonchev–Trinajstić information content (AvgIpc) is 2.53. The molecule has 2 aromatic heterocycles. The first kappa shape index (κ1) is 18.7. The zero-order chi connectivity index (χ0) is 17.9. The number of azide groups is 1. The van der Waals surface area contributed by atoms with Crippen LogP contribution in [0, 0.1) is 0 Å². The molecule has 2 aromatic rings. The highest BCUT2D eigenvalue weighted by Crippen LogP contribution is 1.90. The van der Waals surface area contributed by atoms with Gasteiger partial charge in [0.2, 0.25) is 0 Å². The van der Waals surface area contributed by atoms with Crippen molar-refractivity contribution in [2.75, 3.05) is 6.54 Å². The Balaban J connectivity index is 0.000000243. The molecule has 24 heavy (non-hydrogen) atoms. The summed E-state index contributed by atoms with van der Waals surface area (Å²) in [6.07, 6.45) is 4.69. The van der Waals surface area contributed by atoms with Crippen LogP contribution in [-0.2, 0) is 12.8 Å². The minimum absolute atomic E-state index is 0.200. The Morgan fingerprint density at radius 3 is 1.88 bits per heavy atom. The Hall–Kier alpha value is -3.33. The van der Waals surface area contributed by atoms with E-state index in [-0.39, 0.29) is 12.1 Å². The van der Waals surface area contributed by atoms with Gasteiger partial charge in [-0.3, -0.25) is 19.6 Å². The van der Waals surface area contributed by atoms with E-state index >= 15 is 0 Å². The van der Waals surface area contributed by atoms with E-state index in [1.165, 1.54) is 12.4 Å². The standard InChI is InChI=1S/C7H10N2O2.C6H7N5O2/c1-2-3-5-4-8-7(11)9-6(5)10;7-11-9-2-1-4-3-8-6(13)10-5(4)12/h4H,2-3H2,1H3,(H2,8,9,10,11);3H,1-2H2,(H2,8,10,12,13). The van der Waals surface area contributed by atoms with Crippen molar-refractivity contribution in [2.45, 2.75) is 26.2 Å². The molecule has 0 amide bonds. The first-order valence-corrected chi connectivity index (χ1v) is 7.10. The molecule has 0 aliphatic heterocycles. The van der Waals surface area contributed by atoms with Gasteiger partial charge < -0.3 is 9.97 Å². The predicted octanol–water partition coefficient (Wildman–Crippen LogP) is -0.0683. The molecule has 2 rings (SSSR count). The number of aromatic amines is 4. The van der Waals surface area contributed by atoms with Gasteiger partial charge in [0.05, 0.1) is 0 Å². The molecule has 0 saturated carbocycles. The van der Waals surface area contributed by atoms with Crippen LogP contribution in [0.2, 0.25) is 0 Å². The predicted molar refractivity (Wildman–Crippen MR) is 87.1 cm³/mol. The van der Waals surface area contributed by atoms with Crippen molar-refractivity contribution in [1.82, 2.24) is 19.9 Å². The Labute approximate surface area is 134 Å². The maximum atomic E-state index is 11.0. The van der Waals surface area contributed by atoms with Crippen LogP contribution in [0.3, 0.4) is 0 Å². The molecule has 0 saturated heterocycles. The summed E-state index contributed by atoms with van der Waals surface area (Å²) in [5.74, 6) is 0. The summed E-state index contributed by atoms with van der Waals surface area (Å²) in [4.78, 5) is 54.6. The lowest BCUT2D eigenvalue weighted by atomic mass is 10.2. The second-order valence-electron chi connectivity index (χ2n) is 4.65. The fraction of sp³-hybridized carbons (Fsp3) is 0.385. The van der Waals surface area contributed by atoms with Crippen molar-refractivity contribution < 1.29 is 0 Å². The molecule has 11 nitrogen and oxygen atoms in total. The Bertz CT molecular complexity index is 930. The fourth-order valence-corrected chi connectivity index (χ4v) is 1.73. The number of H-pyrrole nitrogens is 4. The van der Waals surface area contributed by atoms with Gasteiger partial charge in [-0.05, 0) is 18.4 Å². The summed E-state index contributed by atoms with van der Waals surface area (Å²) in [6, 6.07) is 0. The van der Waals surface area contributed by atoms with Crippen LogP contribution in [0.1, 0.15) is 24.5 Å². The molecule has 0 bridgehead atoms. The SMILES string of the molecule is CCCc1c[nH]c(=O)[nH]c1=O.[N-]=[N+]=NCCc1c[nH]c(=O)[nH]c1=O. The van der Waals surface area contributed by atoms with Crippen molar-refractivity contribution in [3.05, 3.63) is 75.6 Å². The zero-order valence-corrected chi connectivity index (χ0v) is 13.0. The quantitative estimate of drug-likeness (QED) is 0.339. The lowest BCUT2D eigenvalue weighted by molar-refractivity contribution is 0.872. The Kier molecular flexibility index (Phi) is 7.52. The first-order chi connectivity index (χ1) is 11.5. The molecule has 0 fully saturated rings. The summed E-state index contributed by atoms with van der Waals surface area (Å²) >= 11 is 0. The molecule has 0 unspecified atom stereocenters. The molecule has 128 valence electrons. The highest BCUT2D eigenvalue weighted by Gasteiger charge is 1.98. The van der Waals surface area contributed by atoms with E-state index in [1.807, 2.05) is 6.92 Å². The van der Waals surface area contributed by atoms with Gasteiger partial charge in [0.15, 0.2) is 0 Å². The summed E-state index contributed by atoms with van der Waals surface area (Å²) in [6.45, 7) is 2.18. The number of hydrogen-bond donors (Lipinski definition) is 4. The molecular weight excluding hydrogens is 318 g/mol. The minimum Gasteiger partial charge on any atom is -0.314 e. The van der Waals surface area contributed by atoms with E-state index in [2.05, 4.69) is 30.0 Å². The number of rotatable bonds is 5. The average molecular weight is 335 g/mol. The van der Waals surface area contributed by atoms with E-state index in [0.29, 0.717) is 24.0 Å². The largest absolute Gasteiger partial charge is 0.325 e. The molecule has 0 atom stereocenters. The number of aromatic nitrogens is 4. The Morgan fingerprint density at radius 1 is 0.958 bits per heavy atom. The van der Waals surface area contributed by atoms with Crippen LogP contribution < -0.4 is 22.5 Å². The smallest absolute Gasteiger partial charge is 0.314 e. The van der Waals surface area contributed by atoms with Gasteiger partial charge in [0.25, 0.3) is 11.1 Å². The first-order valence-electron chi connectivity index (χ1n) is 7.10. The number of nitrogens with zero attached hydrogens (tertiary/aromatic N) is 3. The monoisotopic (exact) mass is 335 g/mol. The van der Waals surface area contributed by atoms with Crippen molar-refractivity contribution >= 4 is 0 Å². The van der Waals surface area contributed by atoms with Gasteiger partial charge in [-0.1, -0.05) is 18.5 Å². The van der Waals surface area contributed by atoms with Crippen LogP contribution in [0.5, 0.6) is 0 Å². The normalized spacial score (nSPS) is 9.54. The lowest BCUT2D eigenvalue weighted by Crippen LogP contribution is -2.24. The second-order valence-corrected chi connectivity index (χ2v) is 4.65. The van der Waals surface area contributed by atoms with E-state index < -0.39 is 16.9 Å². The molecular formula is C13H17N7O4. The topological polar surface area (TPSA) is 180 Å². The number of hydrogen-bond acceptors (Lipinski definition) is 5. The van der Waals surface area contributed by atoms with Crippen LogP contribution in [0.25, 0.3) is 10.4 Å². The minimum atomic E-state index is -0.544. The summed E-state index contributed by atoms with van der Waals surface area (Å²) < 4.78 is 0. The van der Waals surface area contributed by atoms with Crippen LogP contribution >= 0.6 is 0 Å². The van der Waals surface area contributed by atoms with Gasteiger partial charge in [-0.25, -0.2) is 9.59 Å². The van der Waals surface area contributed by atoms with Crippen LogP contribution in [-0.4, -0.2) is 26.5 Å². The molecule has 4 N–H and O–H groups in total. The molecule has 2 heterocycles. The lowest BCUT2D eigenvalue weighted by Gasteiger charge is -1.93. The molecule has 0 spiro atoms. The number of aryl methyl sites for hydroxylation is 1. The third kappa shape index (κ3) is 6.20. The zero-order valence-electron chi connectivity index (χ0n) is 13.0. The fourth-order valence-electron chi connectivity index (χ4n) is 1.73. The third-order valence-corrected chi connectivity index (χ3v) is 2.86. The van der Waals surface area contributed by atoms with E-state index in [4.69, 9.17) is 5.53 Å². The van der Waals surface area contributed by atoms with Crippen molar-refractivity contribution in [3.8, 4) is 0 Å². The van der Waals surface area contributed by atoms with E-state index in [0.717, 1.165) is 6.42 Å². The molecule has 0 aliphatic carbocycles. The van der Waals surface area contributed by atoms with Crippen LogP contribution in [0.4, 0.5) is 0 Å². The molecule has 0 radical (unpaired) electrons. The molecule has 0 aromatic carbocycles. The van der Waals surface area contributed by atoms with Crippen molar-refractivity contribution in [3.63, 3.8) is 0 Å². The van der Waals surface area contributed by atoms with Crippen molar-refractivity contribution in [2.24, 2.45) is 5.11 Å². The molecule has 11 heteroatoms.